The molecule has 0 saturated heterocycles. The third-order valence-electron chi connectivity index (χ3n) is 3.95. The molecule has 0 unspecified atom stereocenters. The topological polar surface area (TPSA) is 81.4 Å². The Kier molecular flexibility index (Phi) is 2.47. The normalized spacial score (nSPS) is 11.6. The molecule has 0 fully saturated rings. The van der Waals surface area contributed by atoms with Crippen molar-refractivity contribution >= 4 is 22.1 Å². The van der Waals surface area contributed by atoms with Gasteiger partial charge in [-0.1, -0.05) is 0 Å². The number of aromatic nitrogens is 6. The number of aryl methyl sites for hydroxylation is 3. The van der Waals surface area contributed by atoms with Gasteiger partial charge < -0.3 is 4.57 Å². The summed E-state index contributed by atoms with van der Waals surface area (Å²) in [6.07, 6.45) is 1.87. The van der Waals surface area contributed by atoms with Gasteiger partial charge in [0.1, 0.15) is 5.82 Å². The van der Waals surface area contributed by atoms with Gasteiger partial charge in [-0.25, -0.2) is 14.5 Å². The first-order valence-corrected chi connectivity index (χ1v) is 6.93. The lowest BCUT2D eigenvalue weighted by Crippen LogP contribution is -2.10. The molecule has 7 heteroatoms. The fraction of sp³-hybridized carbons (Fsp3) is 0.200. The molecule has 0 aliphatic heterocycles. The number of rotatable bonds is 1. The molecule has 4 rings (SSSR count). The second-order valence-corrected chi connectivity index (χ2v) is 5.35. The van der Waals surface area contributed by atoms with E-state index in [0.717, 1.165) is 27.9 Å². The van der Waals surface area contributed by atoms with Crippen LogP contribution in [0.1, 0.15) is 11.5 Å². The molecule has 1 N–H and O–H groups in total. The minimum absolute atomic E-state index is 0.382. The van der Waals surface area contributed by atoms with Crippen LogP contribution in [0.4, 0.5) is 0 Å². The van der Waals surface area contributed by atoms with E-state index in [0.29, 0.717) is 11.3 Å². The number of aromatic amines is 1. The number of imidazole rings is 1. The second kappa shape index (κ2) is 4.27. The molecule has 4 aromatic rings. The number of H-pyrrole nitrogens is 1. The Bertz CT molecular complexity index is 1080. The molecule has 0 radical (unpaired) electrons. The van der Waals surface area contributed by atoms with E-state index in [-0.39, 0.29) is 5.69 Å². The number of nitrogens with zero attached hydrogens (tertiary/aromatic N) is 5. The molecule has 3 heterocycles. The number of fused-ring (bicyclic) bond motifs is 2. The summed E-state index contributed by atoms with van der Waals surface area (Å²) < 4.78 is 3.79. The summed E-state index contributed by atoms with van der Waals surface area (Å²) in [5.41, 5.74) is 3.73. The molecule has 0 saturated carbocycles. The summed E-state index contributed by atoms with van der Waals surface area (Å²) in [5.74, 6) is 0.960. The van der Waals surface area contributed by atoms with Gasteiger partial charge in [0, 0.05) is 13.2 Å². The maximum Gasteiger partial charge on any atom is 0.346 e. The molecule has 0 aliphatic rings. The Balaban J connectivity index is 1.96. The lowest BCUT2D eigenvalue weighted by Gasteiger charge is -2.02. The second-order valence-electron chi connectivity index (χ2n) is 5.35. The van der Waals surface area contributed by atoms with Crippen LogP contribution < -0.4 is 5.69 Å². The van der Waals surface area contributed by atoms with Crippen molar-refractivity contribution < 1.29 is 0 Å². The highest BCUT2D eigenvalue weighted by Crippen LogP contribution is 2.20. The van der Waals surface area contributed by atoms with Crippen molar-refractivity contribution in [1.82, 2.24) is 29.3 Å². The summed E-state index contributed by atoms with van der Waals surface area (Å²) in [6, 6.07) is 5.96. The van der Waals surface area contributed by atoms with E-state index in [1.54, 1.807) is 11.6 Å². The van der Waals surface area contributed by atoms with Crippen molar-refractivity contribution in [3.8, 4) is 5.69 Å². The molecule has 0 amide bonds. The van der Waals surface area contributed by atoms with Crippen LogP contribution in [0, 0.1) is 13.8 Å². The predicted molar refractivity (Wildman–Crippen MR) is 83.2 cm³/mol. The Hall–Kier alpha value is -2.96. The van der Waals surface area contributed by atoms with E-state index in [1.807, 2.05) is 42.9 Å². The maximum absolute atomic E-state index is 11.4. The molecule has 7 nitrogen and oxygen atoms in total. The van der Waals surface area contributed by atoms with Gasteiger partial charge in [-0.2, -0.15) is 4.98 Å². The van der Waals surface area contributed by atoms with Crippen molar-refractivity contribution in [3.63, 3.8) is 0 Å². The molecule has 0 atom stereocenters. The maximum atomic E-state index is 11.4. The third kappa shape index (κ3) is 1.75. The van der Waals surface area contributed by atoms with Gasteiger partial charge in [-0.05, 0) is 32.0 Å². The summed E-state index contributed by atoms with van der Waals surface area (Å²) in [4.78, 5) is 22.5. The molecule has 0 spiro atoms. The first-order valence-electron chi connectivity index (χ1n) is 6.93. The molecule has 0 aliphatic carbocycles. The monoisotopic (exact) mass is 294 g/mol. The lowest BCUT2D eigenvalue weighted by atomic mass is 10.2. The average Bonchev–Trinajstić information content (AvgIpc) is 3.01. The van der Waals surface area contributed by atoms with Crippen LogP contribution in [-0.2, 0) is 7.05 Å². The summed E-state index contributed by atoms with van der Waals surface area (Å²) in [6.45, 7) is 3.78. The summed E-state index contributed by atoms with van der Waals surface area (Å²) in [5, 5.41) is 5.27. The van der Waals surface area contributed by atoms with Crippen LogP contribution in [0.5, 0.6) is 0 Å². The number of nitrogens with one attached hydrogen (secondary N) is 1. The zero-order valence-electron chi connectivity index (χ0n) is 12.5. The van der Waals surface area contributed by atoms with E-state index in [9.17, 15) is 4.79 Å². The van der Waals surface area contributed by atoms with Crippen molar-refractivity contribution in [3.05, 3.63) is 46.4 Å². The van der Waals surface area contributed by atoms with Crippen LogP contribution in [0.15, 0.2) is 29.2 Å². The summed E-state index contributed by atoms with van der Waals surface area (Å²) >= 11 is 0. The Labute approximate surface area is 125 Å². The number of hydrogen-bond donors (Lipinski definition) is 1. The van der Waals surface area contributed by atoms with Crippen molar-refractivity contribution in [2.75, 3.05) is 0 Å². The van der Waals surface area contributed by atoms with Gasteiger partial charge >= 0.3 is 5.69 Å². The predicted octanol–water partition coefficient (Wildman–Crippen LogP) is 1.61. The molecule has 1 aromatic carbocycles. The lowest BCUT2D eigenvalue weighted by molar-refractivity contribution is 0.874. The summed E-state index contributed by atoms with van der Waals surface area (Å²) in [7, 11) is 1.99. The minimum atomic E-state index is -0.382. The van der Waals surface area contributed by atoms with E-state index >= 15 is 0 Å². The van der Waals surface area contributed by atoms with Gasteiger partial charge in [-0.15, -0.1) is 5.10 Å². The fourth-order valence-corrected chi connectivity index (χ4v) is 2.65. The van der Waals surface area contributed by atoms with Crippen molar-refractivity contribution in [1.29, 1.82) is 0 Å². The number of hydrogen-bond acceptors (Lipinski definition) is 4. The van der Waals surface area contributed by atoms with Gasteiger partial charge in [-0.3, -0.25) is 4.98 Å². The average molecular weight is 294 g/mol. The molecule has 110 valence electrons. The highest BCUT2D eigenvalue weighted by molar-refractivity contribution is 5.80. The van der Waals surface area contributed by atoms with Gasteiger partial charge in [0.15, 0.2) is 5.65 Å². The zero-order valence-corrected chi connectivity index (χ0v) is 12.5. The molecular weight excluding hydrogens is 280 g/mol. The van der Waals surface area contributed by atoms with Gasteiger partial charge in [0.2, 0.25) is 0 Å². The highest BCUT2D eigenvalue weighted by Gasteiger charge is 2.10. The Morgan fingerprint density at radius 1 is 1.18 bits per heavy atom. The number of benzene rings is 1. The highest BCUT2D eigenvalue weighted by atomic mass is 16.1. The quantitative estimate of drug-likeness (QED) is 0.578. The Morgan fingerprint density at radius 2 is 2.00 bits per heavy atom. The molecule has 3 aromatic heterocycles. The first-order chi connectivity index (χ1) is 10.5. The molecule has 22 heavy (non-hydrogen) atoms. The third-order valence-corrected chi connectivity index (χ3v) is 3.95. The SMILES string of the molecule is Cc1nc(=O)[nH]c2nn(-c3ccc4nc(C)n(C)c4c3)cc12. The van der Waals surface area contributed by atoms with Gasteiger partial charge in [0.05, 0.1) is 27.8 Å². The zero-order chi connectivity index (χ0) is 15.4. The van der Waals surface area contributed by atoms with Crippen molar-refractivity contribution in [2.24, 2.45) is 7.05 Å². The van der Waals surface area contributed by atoms with Crippen molar-refractivity contribution in [2.45, 2.75) is 13.8 Å². The molecular formula is C15H14N6O. The molecule has 0 bridgehead atoms. The van der Waals surface area contributed by atoms with Crippen LogP contribution >= 0.6 is 0 Å². The van der Waals surface area contributed by atoms with E-state index in [4.69, 9.17) is 0 Å². The van der Waals surface area contributed by atoms with Crippen LogP contribution in [0.2, 0.25) is 0 Å². The fourth-order valence-electron chi connectivity index (χ4n) is 2.65. The van der Waals surface area contributed by atoms with Crippen LogP contribution in [0.3, 0.4) is 0 Å². The largest absolute Gasteiger partial charge is 0.346 e. The minimum Gasteiger partial charge on any atom is -0.331 e. The van der Waals surface area contributed by atoms with E-state index < -0.39 is 0 Å². The van der Waals surface area contributed by atoms with E-state index in [2.05, 4.69) is 20.1 Å². The van der Waals surface area contributed by atoms with Gasteiger partial charge in [0.25, 0.3) is 0 Å². The standard InChI is InChI=1S/C15H14N6O/c1-8-11-7-21(19-14(11)18-15(22)16-8)10-4-5-12-13(6-10)20(3)9(2)17-12/h4-7H,1-3H3,(H,18,19,22). The van der Waals surface area contributed by atoms with E-state index in [1.165, 1.54) is 0 Å². The van der Waals surface area contributed by atoms with Crippen LogP contribution in [-0.4, -0.2) is 29.3 Å². The smallest absolute Gasteiger partial charge is 0.331 e. The van der Waals surface area contributed by atoms with Crippen LogP contribution in [0.25, 0.3) is 27.8 Å². The Morgan fingerprint density at radius 3 is 2.82 bits per heavy atom. The first kappa shape index (κ1) is 12.8.